The Morgan fingerprint density at radius 3 is 2.69 bits per heavy atom. The number of rotatable bonds is 4. The number of fused-ring (bicyclic) bond motifs is 3. The zero-order chi connectivity index (χ0) is 17.4. The summed E-state index contributed by atoms with van der Waals surface area (Å²) in [6.45, 7) is 2.29. The number of nitrogens with two attached hydrogens (primary N) is 1. The van der Waals surface area contributed by atoms with Crippen molar-refractivity contribution < 1.29 is 22.5 Å². The van der Waals surface area contributed by atoms with Crippen LogP contribution in [0.3, 0.4) is 0 Å². The van der Waals surface area contributed by atoms with Crippen LogP contribution >= 0.6 is 15.9 Å². The maximum Gasteiger partial charge on any atom is 0.127 e. The minimum Gasteiger partial charge on any atom is -1.00 e. The SMILES string of the molecule is COc1ccc([C@@H](C)[NH2+][C@@H]2CCCc3c2[nH]c2ccc(Br)cc32)cc1.[Cl-]. The van der Waals surface area contributed by atoms with Crippen LogP contribution in [0.1, 0.15) is 48.7 Å². The van der Waals surface area contributed by atoms with E-state index < -0.39 is 0 Å². The van der Waals surface area contributed by atoms with Crippen LogP contribution in [-0.2, 0) is 6.42 Å². The fourth-order valence-electron chi connectivity index (χ4n) is 4.03. The van der Waals surface area contributed by atoms with Gasteiger partial charge in [-0.1, -0.05) is 15.9 Å². The van der Waals surface area contributed by atoms with E-state index in [1.54, 1.807) is 7.11 Å². The molecular formula is C21H24BrClN2O. The van der Waals surface area contributed by atoms with Gasteiger partial charge in [0, 0.05) is 27.4 Å². The normalized spacial score (nSPS) is 17.4. The molecule has 2 atom stereocenters. The highest BCUT2D eigenvalue weighted by atomic mass is 79.9. The summed E-state index contributed by atoms with van der Waals surface area (Å²) in [4.78, 5) is 3.70. The summed E-state index contributed by atoms with van der Waals surface area (Å²) in [5, 5.41) is 3.88. The molecule has 138 valence electrons. The topological polar surface area (TPSA) is 41.6 Å². The summed E-state index contributed by atoms with van der Waals surface area (Å²) in [6, 6.07) is 15.9. The van der Waals surface area contributed by atoms with Crippen molar-refractivity contribution in [1.82, 2.24) is 4.98 Å². The number of halogens is 2. The first-order valence-electron chi connectivity index (χ1n) is 8.94. The fourth-order valence-corrected chi connectivity index (χ4v) is 4.39. The van der Waals surface area contributed by atoms with E-state index in [0.29, 0.717) is 12.1 Å². The highest BCUT2D eigenvalue weighted by Crippen LogP contribution is 2.34. The number of hydrogen-bond donors (Lipinski definition) is 2. The van der Waals surface area contributed by atoms with Crippen LogP contribution < -0.4 is 22.5 Å². The summed E-state index contributed by atoms with van der Waals surface area (Å²) in [5.74, 6) is 0.914. The predicted octanol–water partition coefficient (Wildman–Crippen LogP) is 1.64. The van der Waals surface area contributed by atoms with E-state index in [1.807, 2.05) is 12.1 Å². The molecule has 1 heterocycles. The van der Waals surface area contributed by atoms with Crippen LogP contribution in [0.25, 0.3) is 10.9 Å². The third-order valence-electron chi connectivity index (χ3n) is 5.38. The molecule has 4 rings (SSSR count). The fraction of sp³-hybridized carbons (Fsp3) is 0.333. The van der Waals surface area contributed by atoms with Gasteiger partial charge in [-0.25, -0.2) is 0 Å². The van der Waals surface area contributed by atoms with Gasteiger partial charge in [-0.05, 0) is 67.8 Å². The summed E-state index contributed by atoms with van der Waals surface area (Å²) in [6.07, 6.45) is 3.65. The number of H-pyrrole nitrogens is 1. The van der Waals surface area contributed by atoms with Crippen LogP contribution in [0, 0.1) is 0 Å². The predicted molar refractivity (Wildman–Crippen MR) is 105 cm³/mol. The number of ether oxygens (including phenoxy) is 1. The van der Waals surface area contributed by atoms with Gasteiger partial charge in [-0.15, -0.1) is 0 Å². The Kier molecular flexibility index (Phi) is 5.96. The van der Waals surface area contributed by atoms with E-state index in [2.05, 4.69) is 63.5 Å². The maximum absolute atomic E-state index is 5.27. The molecule has 0 radical (unpaired) electrons. The van der Waals surface area contributed by atoms with E-state index in [1.165, 1.54) is 47.0 Å². The number of nitrogens with one attached hydrogen (secondary N) is 1. The van der Waals surface area contributed by atoms with Crippen molar-refractivity contribution in [2.45, 2.75) is 38.3 Å². The van der Waals surface area contributed by atoms with Crippen LogP contribution in [0.2, 0.25) is 0 Å². The Balaban J connectivity index is 0.00000196. The van der Waals surface area contributed by atoms with Crippen molar-refractivity contribution in [1.29, 1.82) is 0 Å². The molecule has 5 heteroatoms. The van der Waals surface area contributed by atoms with Gasteiger partial charge in [0.05, 0.1) is 12.8 Å². The Morgan fingerprint density at radius 1 is 1.19 bits per heavy atom. The van der Waals surface area contributed by atoms with Gasteiger partial charge in [-0.2, -0.15) is 0 Å². The number of benzene rings is 2. The van der Waals surface area contributed by atoms with Crippen LogP contribution in [0.15, 0.2) is 46.9 Å². The van der Waals surface area contributed by atoms with E-state index in [-0.39, 0.29) is 12.4 Å². The quantitative estimate of drug-likeness (QED) is 0.643. The standard InChI is InChI=1S/C21H23BrN2O.ClH/c1-13(14-6-9-16(25-2)10-7-14)23-20-5-3-4-17-18-12-15(22)8-11-19(18)24-21(17)20;/h6-13,20,23-24H,3-5H2,1-2H3;1H/t13-,20-;/m1./s1. The van der Waals surface area contributed by atoms with Gasteiger partial charge in [0.2, 0.25) is 0 Å². The van der Waals surface area contributed by atoms with E-state index in [0.717, 1.165) is 10.2 Å². The summed E-state index contributed by atoms with van der Waals surface area (Å²) >= 11 is 3.61. The molecule has 0 amide bonds. The molecule has 3 nitrogen and oxygen atoms in total. The molecule has 0 bridgehead atoms. The third-order valence-corrected chi connectivity index (χ3v) is 5.87. The van der Waals surface area contributed by atoms with Gasteiger partial charge in [0.25, 0.3) is 0 Å². The Hall–Kier alpha value is -1.49. The minimum atomic E-state index is 0. The van der Waals surface area contributed by atoms with Crippen molar-refractivity contribution in [2.75, 3.05) is 7.11 Å². The Labute approximate surface area is 169 Å². The molecule has 0 saturated carbocycles. The largest absolute Gasteiger partial charge is 1.00 e. The summed E-state index contributed by atoms with van der Waals surface area (Å²) < 4.78 is 6.42. The zero-order valence-electron chi connectivity index (χ0n) is 15.1. The van der Waals surface area contributed by atoms with Crippen LogP contribution in [0.5, 0.6) is 5.75 Å². The van der Waals surface area contributed by atoms with Crippen molar-refractivity contribution in [3.8, 4) is 5.75 Å². The van der Waals surface area contributed by atoms with Crippen LogP contribution in [0.4, 0.5) is 0 Å². The molecule has 0 unspecified atom stereocenters. The number of quaternary nitrogens is 1. The summed E-state index contributed by atoms with van der Waals surface area (Å²) in [7, 11) is 1.71. The van der Waals surface area contributed by atoms with Gasteiger partial charge >= 0.3 is 0 Å². The minimum absolute atomic E-state index is 0. The number of methoxy groups -OCH3 is 1. The number of aromatic amines is 1. The second-order valence-corrected chi connectivity index (χ2v) is 7.88. The van der Waals surface area contributed by atoms with Gasteiger partial charge in [-0.3, -0.25) is 0 Å². The van der Waals surface area contributed by atoms with E-state index >= 15 is 0 Å². The first-order chi connectivity index (χ1) is 12.2. The first-order valence-corrected chi connectivity index (χ1v) is 9.74. The Bertz CT molecular complexity index is 891. The van der Waals surface area contributed by atoms with Gasteiger partial charge in [0.1, 0.15) is 17.8 Å². The van der Waals surface area contributed by atoms with Gasteiger partial charge in [0.15, 0.2) is 0 Å². The highest BCUT2D eigenvalue weighted by molar-refractivity contribution is 9.10. The molecule has 3 N–H and O–H groups in total. The second-order valence-electron chi connectivity index (χ2n) is 6.96. The third kappa shape index (κ3) is 3.64. The molecule has 1 aliphatic carbocycles. The molecule has 2 aromatic carbocycles. The lowest BCUT2D eigenvalue weighted by atomic mass is 9.91. The molecule has 0 aliphatic heterocycles. The zero-order valence-corrected chi connectivity index (χ0v) is 17.4. The number of hydrogen-bond acceptors (Lipinski definition) is 1. The van der Waals surface area contributed by atoms with Crippen molar-refractivity contribution in [2.24, 2.45) is 0 Å². The van der Waals surface area contributed by atoms with E-state index in [9.17, 15) is 0 Å². The highest BCUT2D eigenvalue weighted by Gasteiger charge is 2.28. The average molecular weight is 436 g/mol. The molecule has 3 aromatic rings. The lowest BCUT2D eigenvalue weighted by Gasteiger charge is -2.24. The summed E-state index contributed by atoms with van der Waals surface area (Å²) in [5.41, 5.74) is 5.52. The molecule has 26 heavy (non-hydrogen) atoms. The van der Waals surface area contributed by atoms with Crippen molar-refractivity contribution in [3.05, 3.63) is 63.8 Å². The van der Waals surface area contributed by atoms with Crippen molar-refractivity contribution >= 4 is 26.8 Å². The molecule has 0 saturated heterocycles. The number of aromatic nitrogens is 1. The molecular weight excluding hydrogens is 412 g/mol. The molecule has 1 aliphatic rings. The van der Waals surface area contributed by atoms with E-state index in [4.69, 9.17) is 4.74 Å². The van der Waals surface area contributed by atoms with Crippen LogP contribution in [-0.4, -0.2) is 12.1 Å². The number of aryl methyl sites for hydroxylation is 1. The molecule has 0 fully saturated rings. The lowest BCUT2D eigenvalue weighted by molar-refractivity contribution is -0.733. The molecule has 1 aromatic heterocycles. The lowest BCUT2D eigenvalue weighted by Crippen LogP contribution is -3.00. The van der Waals surface area contributed by atoms with Gasteiger partial charge < -0.3 is 27.4 Å². The average Bonchev–Trinajstić information content (AvgIpc) is 3.01. The smallest absolute Gasteiger partial charge is 0.127 e. The first kappa shape index (κ1) is 19.3. The second kappa shape index (κ2) is 8.03. The maximum atomic E-state index is 5.27. The molecule has 0 spiro atoms. The van der Waals surface area contributed by atoms with Crippen molar-refractivity contribution in [3.63, 3.8) is 0 Å². The Morgan fingerprint density at radius 2 is 1.96 bits per heavy atom. The monoisotopic (exact) mass is 434 g/mol.